The van der Waals surface area contributed by atoms with Gasteiger partial charge in [-0.1, -0.05) is 0 Å². The van der Waals surface area contributed by atoms with Gasteiger partial charge in [-0.15, -0.1) is 0 Å². The highest BCUT2D eigenvalue weighted by Gasteiger charge is 2.12. The van der Waals surface area contributed by atoms with Crippen molar-refractivity contribution in [1.82, 2.24) is 4.90 Å². The molecule has 0 unspecified atom stereocenters. The van der Waals surface area contributed by atoms with Gasteiger partial charge >= 0.3 is 0 Å². The molecular formula is C9H17BrN3O+. The fourth-order valence-corrected chi connectivity index (χ4v) is 1.53. The first-order valence-electron chi connectivity index (χ1n) is 4.69. The molecule has 0 aromatic carbocycles. The predicted octanol–water partition coefficient (Wildman–Crippen LogP) is -0.452. The number of quaternary nitrogens is 1. The summed E-state index contributed by atoms with van der Waals surface area (Å²) in [6.07, 6.45) is 3.65. The molecule has 0 saturated carbocycles. The van der Waals surface area contributed by atoms with E-state index >= 15 is 0 Å². The second-order valence-corrected chi connectivity index (χ2v) is 3.92. The van der Waals surface area contributed by atoms with Gasteiger partial charge in [0.15, 0.2) is 4.61 Å². The molecule has 0 bridgehead atoms. The Bertz CT molecular complexity index is 234. The predicted molar refractivity (Wildman–Crippen MR) is 59.5 cm³/mol. The number of halogens is 1. The molecule has 0 atom stereocenters. The van der Waals surface area contributed by atoms with E-state index in [9.17, 15) is 0 Å². The highest BCUT2D eigenvalue weighted by molar-refractivity contribution is 9.11. The minimum atomic E-state index is 0.776. The van der Waals surface area contributed by atoms with Crippen molar-refractivity contribution in [2.45, 2.75) is 0 Å². The highest BCUT2D eigenvalue weighted by Crippen LogP contribution is 2.10. The minimum Gasteiger partial charge on any atom is -0.403 e. The average molecular weight is 263 g/mol. The van der Waals surface area contributed by atoms with Crippen molar-refractivity contribution in [3.8, 4) is 0 Å². The fourth-order valence-electron chi connectivity index (χ4n) is 1.29. The van der Waals surface area contributed by atoms with Crippen molar-refractivity contribution in [2.24, 2.45) is 5.73 Å². The smallest absolute Gasteiger partial charge is 0.174 e. The molecule has 0 amide bonds. The third-order valence-corrected chi connectivity index (χ3v) is 2.80. The van der Waals surface area contributed by atoms with E-state index in [-0.39, 0.29) is 0 Å². The SMILES string of the molecule is C[NH2+]C(Br)=CC(=CN)N1CCOCC1. The molecule has 1 fully saturated rings. The second-order valence-electron chi connectivity index (χ2n) is 3.01. The van der Waals surface area contributed by atoms with Gasteiger partial charge in [0, 0.05) is 41.3 Å². The lowest BCUT2D eigenvalue weighted by Crippen LogP contribution is -2.75. The van der Waals surface area contributed by atoms with E-state index in [1.807, 2.05) is 18.4 Å². The molecule has 1 aliphatic heterocycles. The number of rotatable bonds is 3. The maximum Gasteiger partial charge on any atom is 0.174 e. The van der Waals surface area contributed by atoms with Gasteiger partial charge in [0.2, 0.25) is 0 Å². The molecule has 0 aromatic rings. The number of morpholine rings is 1. The van der Waals surface area contributed by atoms with Crippen LogP contribution in [0, 0.1) is 0 Å². The number of hydrogen-bond donors (Lipinski definition) is 2. The lowest BCUT2D eigenvalue weighted by Gasteiger charge is -2.29. The van der Waals surface area contributed by atoms with Crippen molar-refractivity contribution in [1.29, 1.82) is 0 Å². The van der Waals surface area contributed by atoms with E-state index in [2.05, 4.69) is 20.8 Å². The van der Waals surface area contributed by atoms with Crippen LogP contribution >= 0.6 is 15.9 Å². The summed E-state index contributed by atoms with van der Waals surface area (Å²) in [6.45, 7) is 3.37. The molecule has 4 N–H and O–H groups in total. The van der Waals surface area contributed by atoms with Crippen molar-refractivity contribution in [2.75, 3.05) is 33.4 Å². The van der Waals surface area contributed by atoms with Gasteiger partial charge < -0.3 is 20.7 Å². The highest BCUT2D eigenvalue weighted by atomic mass is 79.9. The quantitative estimate of drug-likeness (QED) is 0.535. The molecular weight excluding hydrogens is 246 g/mol. The molecule has 1 heterocycles. The molecule has 1 saturated heterocycles. The van der Waals surface area contributed by atoms with Crippen LogP contribution in [0.4, 0.5) is 0 Å². The number of hydrogen-bond acceptors (Lipinski definition) is 3. The van der Waals surface area contributed by atoms with Crippen LogP contribution in [0.15, 0.2) is 22.6 Å². The Morgan fingerprint density at radius 1 is 1.50 bits per heavy atom. The Hall–Kier alpha value is -0.520. The summed E-state index contributed by atoms with van der Waals surface area (Å²) in [7, 11) is 1.98. The molecule has 14 heavy (non-hydrogen) atoms. The Labute approximate surface area is 92.9 Å². The zero-order valence-electron chi connectivity index (χ0n) is 8.37. The number of nitrogens with zero attached hydrogens (tertiary/aromatic N) is 1. The molecule has 1 rings (SSSR count). The van der Waals surface area contributed by atoms with Crippen LogP contribution < -0.4 is 11.1 Å². The summed E-state index contributed by atoms with van der Waals surface area (Å²) in [4.78, 5) is 2.22. The standard InChI is InChI=1S/C9H16BrN3O/c1-12-9(10)6-8(7-11)13-2-4-14-5-3-13/h6-7,12H,2-5,11H2,1H3/p+1. The molecule has 5 heteroatoms. The first-order chi connectivity index (χ1) is 6.77. The Morgan fingerprint density at radius 3 is 2.64 bits per heavy atom. The molecule has 1 aliphatic rings. The third kappa shape index (κ3) is 3.32. The summed E-state index contributed by atoms with van der Waals surface area (Å²) in [5.74, 6) is 0. The Balaban J connectivity index is 2.61. The zero-order chi connectivity index (χ0) is 10.4. The molecule has 0 radical (unpaired) electrons. The van der Waals surface area contributed by atoms with E-state index in [1.165, 1.54) is 0 Å². The van der Waals surface area contributed by atoms with Crippen LogP contribution in [0.1, 0.15) is 0 Å². The first kappa shape index (κ1) is 11.6. The van der Waals surface area contributed by atoms with Crippen LogP contribution in [-0.4, -0.2) is 38.3 Å². The van der Waals surface area contributed by atoms with Gasteiger partial charge in [0.05, 0.1) is 26.0 Å². The fraction of sp³-hybridized carbons (Fsp3) is 0.556. The maximum absolute atomic E-state index is 5.58. The van der Waals surface area contributed by atoms with Gasteiger partial charge in [-0.05, 0) is 0 Å². The summed E-state index contributed by atoms with van der Waals surface area (Å²) < 4.78 is 6.32. The van der Waals surface area contributed by atoms with Crippen LogP contribution in [0.3, 0.4) is 0 Å². The number of ether oxygens (including phenoxy) is 1. The van der Waals surface area contributed by atoms with E-state index in [0.717, 1.165) is 36.6 Å². The first-order valence-corrected chi connectivity index (χ1v) is 5.48. The van der Waals surface area contributed by atoms with Gasteiger partial charge in [0.25, 0.3) is 0 Å². The van der Waals surface area contributed by atoms with Crippen LogP contribution in [0.25, 0.3) is 0 Å². The van der Waals surface area contributed by atoms with E-state index < -0.39 is 0 Å². The maximum atomic E-state index is 5.58. The van der Waals surface area contributed by atoms with Crippen molar-refractivity contribution >= 4 is 15.9 Å². The van der Waals surface area contributed by atoms with Gasteiger partial charge in [0.1, 0.15) is 0 Å². The largest absolute Gasteiger partial charge is 0.403 e. The van der Waals surface area contributed by atoms with E-state index in [0.29, 0.717) is 0 Å². The van der Waals surface area contributed by atoms with Gasteiger partial charge in [-0.3, -0.25) is 0 Å². The third-order valence-electron chi connectivity index (χ3n) is 2.11. The number of nitrogens with two attached hydrogens (primary N) is 2. The molecule has 80 valence electrons. The van der Waals surface area contributed by atoms with Crippen LogP contribution in [0.2, 0.25) is 0 Å². The van der Waals surface area contributed by atoms with E-state index in [4.69, 9.17) is 10.5 Å². The lowest BCUT2D eigenvalue weighted by molar-refractivity contribution is -0.562. The van der Waals surface area contributed by atoms with Crippen LogP contribution in [0.5, 0.6) is 0 Å². The van der Waals surface area contributed by atoms with Gasteiger partial charge in [-0.2, -0.15) is 0 Å². The normalized spacial score (nSPS) is 20.0. The average Bonchev–Trinajstić information content (AvgIpc) is 2.26. The number of allylic oxidation sites excluding steroid dienone is 1. The zero-order valence-corrected chi connectivity index (χ0v) is 9.96. The lowest BCUT2D eigenvalue weighted by atomic mass is 10.3. The Kier molecular flexibility index (Phi) is 5.00. The van der Waals surface area contributed by atoms with Crippen molar-refractivity contribution < 1.29 is 10.1 Å². The summed E-state index contributed by atoms with van der Waals surface area (Å²) in [6, 6.07) is 0. The minimum absolute atomic E-state index is 0.776. The van der Waals surface area contributed by atoms with Crippen molar-refractivity contribution in [3.63, 3.8) is 0 Å². The second kappa shape index (κ2) is 6.06. The summed E-state index contributed by atoms with van der Waals surface area (Å²) in [5, 5.41) is 1.99. The molecule has 0 aromatic heterocycles. The van der Waals surface area contributed by atoms with Crippen molar-refractivity contribution in [3.05, 3.63) is 22.6 Å². The molecule has 0 spiro atoms. The summed E-state index contributed by atoms with van der Waals surface area (Å²) in [5.41, 5.74) is 6.62. The Morgan fingerprint density at radius 2 is 2.14 bits per heavy atom. The molecule has 4 nitrogen and oxygen atoms in total. The van der Waals surface area contributed by atoms with E-state index in [1.54, 1.807) is 6.20 Å². The summed E-state index contributed by atoms with van der Waals surface area (Å²) >= 11 is 3.44. The van der Waals surface area contributed by atoms with Crippen LogP contribution in [-0.2, 0) is 4.74 Å². The topological polar surface area (TPSA) is 55.1 Å². The monoisotopic (exact) mass is 262 g/mol. The molecule has 0 aliphatic carbocycles. The van der Waals surface area contributed by atoms with Gasteiger partial charge in [-0.25, -0.2) is 0 Å².